The molecule has 1 saturated carbocycles. The Morgan fingerprint density at radius 2 is 2.05 bits per heavy atom. The summed E-state index contributed by atoms with van der Waals surface area (Å²) in [5.41, 5.74) is 1.25. The second kappa shape index (κ2) is 6.92. The summed E-state index contributed by atoms with van der Waals surface area (Å²) in [4.78, 5) is 0. The van der Waals surface area contributed by atoms with Crippen LogP contribution in [0.3, 0.4) is 0 Å². The third-order valence-electron chi connectivity index (χ3n) is 3.53. The molecule has 2 N–H and O–H groups in total. The lowest BCUT2D eigenvalue weighted by Gasteiger charge is -2.18. The number of para-hydroxylation sites is 1. The largest absolute Gasteiger partial charge is 0.493 e. The highest BCUT2D eigenvalue weighted by molar-refractivity contribution is 5.35. The van der Waals surface area contributed by atoms with Crippen LogP contribution in [0.4, 0.5) is 0 Å². The molecule has 1 aromatic rings. The van der Waals surface area contributed by atoms with Crippen molar-refractivity contribution >= 4 is 0 Å². The van der Waals surface area contributed by atoms with E-state index in [1.807, 2.05) is 18.2 Å². The van der Waals surface area contributed by atoms with Gasteiger partial charge in [-0.3, -0.25) is 0 Å². The molecule has 0 radical (unpaired) electrons. The van der Waals surface area contributed by atoms with E-state index in [1.165, 1.54) is 18.4 Å². The molecule has 0 spiro atoms. The fourth-order valence-corrected chi connectivity index (χ4v) is 2.21. The van der Waals surface area contributed by atoms with Gasteiger partial charge in [-0.2, -0.15) is 0 Å². The molecule has 0 aromatic heterocycles. The standard InChI is InChI=1S/C16H25NO2/c1-12(2)15-5-3-4-6-16(15)19-10-9-14(11-18)17-13-7-8-13/h3-6,12-14,17-18H,7-11H2,1-2H3. The van der Waals surface area contributed by atoms with Crippen LogP contribution in [0.1, 0.15) is 44.6 Å². The molecule has 0 heterocycles. The van der Waals surface area contributed by atoms with Gasteiger partial charge in [-0.05, 0) is 36.8 Å². The third-order valence-corrected chi connectivity index (χ3v) is 3.53. The summed E-state index contributed by atoms with van der Waals surface area (Å²) in [6.45, 7) is 5.18. The van der Waals surface area contributed by atoms with Crippen LogP contribution in [0.25, 0.3) is 0 Å². The Labute approximate surface area is 116 Å². The SMILES string of the molecule is CC(C)c1ccccc1OCCC(CO)NC1CC1. The molecular weight excluding hydrogens is 238 g/mol. The van der Waals surface area contributed by atoms with Crippen LogP contribution in [0.5, 0.6) is 5.75 Å². The van der Waals surface area contributed by atoms with E-state index in [-0.39, 0.29) is 12.6 Å². The summed E-state index contributed by atoms with van der Waals surface area (Å²) in [6, 6.07) is 8.99. The second-order valence-electron chi connectivity index (χ2n) is 5.65. The average molecular weight is 263 g/mol. The topological polar surface area (TPSA) is 41.5 Å². The lowest BCUT2D eigenvalue weighted by molar-refractivity contribution is 0.207. The molecule has 1 aliphatic carbocycles. The summed E-state index contributed by atoms with van der Waals surface area (Å²) >= 11 is 0. The number of hydrogen-bond acceptors (Lipinski definition) is 3. The van der Waals surface area contributed by atoms with E-state index in [2.05, 4.69) is 25.2 Å². The second-order valence-corrected chi connectivity index (χ2v) is 5.65. The van der Waals surface area contributed by atoms with E-state index in [1.54, 1.807) is 0 Å². The maximum atomic E-state index is 9.32. The molecule has 1 aliphatic rings. The van der Waals surface area contributed by atoms with Gasteiger partial charge in [-0.1, -0.05) is 32.0 Å². The molecule has 1 fully saturated rings. The van der Waals surface area contributed by atoms with Crippen molar-refractivity contribution in [1.29, 1.82) is 0 Å². The molecule has 1 aromatic carbocycles. The number of nitrogens with one attached hydrogen (secondary N) is 1. The van der Waals surface area contributed by atoms with E-state index < -0.39 is 0 Å². The van der Waals surface area contributed by atoms with Crippen LogP contribution >= 0.6 is 0 Å². The van der Waals surface area contributed by atoms with Gasteiger partial charge < -0.3 is 15.2 Å². The highest BCUT2D eigenvalue weighted by atomic mass is 16.5. The molecule has 3 nitrogen and oxygen atoms in total. The lowest BCUT2D eigenvalue weighted by Crippen LogP contribution is -2.35. The van der Waals surface area contributed by atoms with Gasteiger partial charge in [0, 0.05) is 12.1 Å². The van der Waals surface area contributed by atoms with Crippen molar-refractivity contribution in [2.45, 2.75) is 51.1 Å². The summed E-state index contributed by atoms with van der Waals surface area (Å²) < 4.78 is 5.88. The normalized spacial score (nSPS) is 16.6. The minimum absolute atomic E-state index is 0.165. The zero-order chi connectivity index (χ0) is 13.7. The van der Waals surface area contributed by atoms with E-state index in [9.17, 15) is 5.11 Å². The fraction of sp³-hybridized carbons (Fsp3) is 0.625. The minimum atomic E-state index is 0.165. The molecule has 106 valence electrons. The van der Waals surface area contributed by atoms with Crippen molar-refractivity contribution in [3.05, 3.63) is 29.8 Å². The lowest BCUT2D eigenvalue weighted by atomic mass is 10.0. The van der Waals surface area contributed by atoms with Gasteiger partial charge in [-0.25, -0.2) is 0 Å². The number of ether oxygens (including phenoxy) is 1. The van der Waals surface area contributed by atoms with Crippen LogP contribution in [0.2, 0.25) is 0 Å². The van der Waals surface area contributed by atoms with Crippen molar-refractivity contribution in [1.82, 2.24) is 5.32 Å². The Morgan fingerprint density at radius 1 is 1.32 bits per heavy atom. The van der Waals surface area contributed by atoms with E-state index in [0.717, 1.165) is 12.2 Å². The quantitative estimate of drug-likeness (QED) is 0.757. The van der Waals surface area contributed by atoms with Crippen LogP contribution < -0.4 is 10.1 Å². The number of hydrogen-bond donors (Lipinski definition) is 2. The van der Waals surface area contributed by atoms with Crippen LogP contribution in [-0.4, -0.2) is 30.4 Å². The minimum Gasteiger partial charge on any atom is -0.493 e. The van der Waals surface area contributed by atoms with Crippen LogP contribution in [0.15, 0.2) is 24.3 Å². The smallest absolute Gasteiger partial charge is 0.122 e. The predicted molar refractivity (Wildman–Crippen MR) is 77.7 cm³/mol. The first kappa shape index (κ1) is 14.4. The Bertz CT molecular complexity index is 388. The Morgan fingerprint density at radius 3 is 2.68 bits per heavy atom. The van der Waals surface area contributed by atoms with Gasteiger partial charge in [0.15, 0.2) is 0 Å². The van der Waals surface area contributed by atoms with Gasteiger partial charge in [-0.15, -0.1) is 0 Å². The van der Waals surface area contributed by atoms with Gasteiger partial charge >= 0.3 is 0 Å². The first-order chi connectivity index (χ1) is 9.20. The predicted octanol–water partition coefficient (Wildman–Crippen LogP) is 2.69. The summed E-state index contributed by atoms with van der Waals surface area (Å²) in [5, 5.41) is 12.8. The van der Waals surface area contributed by atoms with E-state index in [4.69, 9.17) is 4.74 Å². The highest BCUT2D eigenvalue weighted by Crippen LogP contribution is 2.26. The number of benzene rings is 1. The zero-order valence-corrected chi connectivity index (χ0v) is 11.9. The number of aliphatic hydroxyl groups excluding tert-OH is 1. The molecular formula is C16H25NO2. The van der Waals surface area contributed by atoms with E-state index in [0.29, 0.717) is 18.6 Å². The highest BCUT2D eigenvalue weighted by Gasteiger charge is 2.24. The summed E-state index contributed by atoms with van der Waals surface area (Å²) in [7, 11) is 0. The Kier molecular flexibility index (Phi) is 5.23. The Hall–Kier alpha value is -1.06. The first-order valence-electron chi connectivity index (χ1n) is 7.29. The first-order valence-corrected chi connectivity index (χ1v) is 7.29. The van der Waals surface area contributed by atoms with Crippen molar-refractivity contribution in [3.8, 4) is 5.75 Å². The van der Waals surface area contributed by atoms with Crippen LogP contribution in [0, 0.1) is 0 Å². The summed E-state index contributed by atoms with van der Waals surface area (Å²) in [6.07, 6.45) is 3.33. The molecule has 0 saturated heterocycles. The maximum Gasteiger partial charge on any atom is 0.122 e. The van der Waals surface area contributed by atoms with Gasteiger partial charge in [0.2, 0.25) is 0 Å². The van der Waals surface area contributed by atoms with E-state index >= 15 is 0 Å². The van der Waals surface area contributed by atoms with Crippen molar-refractivity contribution < 1.29 is 9.84 Å². The molecule has 3 heteroatoms. The molecule has 0 aliphatic heterocycles. The molecule has 0 bridgehead atoms. The molecule has 1 unspecified atom stereocenters. The number of rotatable bonds is 8. The molecule has 2 rings (SSSR count). The van der Waals surface area contributed by atoms with Crippen molar-refractivity contribution in [2.75, 3.05) is 13.2 Å². The monoisotopic (exact) mass is 263 g/mol. The summed E-state index contributed by atoms with van der Waals surface area (Å²) in [5.74, 6) is 1.44. The molecule has 1 atom stereocenters. The van der Waals surface area contributed by atoms with Gasteiger partial charge in [0.05, 0.1) is 13.2 Å². The zero-order valence-electron chi connectivity index (χ0n) is 11.9. The molecule has 19 heavy (non-hydrogen) atoms. The van der Waals surface area contributed by atoms with Crippen LogP contribution in [-0.2, 0) is 0 Å². The third kappa shape index (κ3) is 4.51. The van der Waals surface area contributed by atoms with Crippen molar-refractivity contribution in [2.24, 2.45) is 0 Å². The molecule has 0 amide bonds. The van der Waals surface area contributed by atoms with Crippen molar-refractivity contribution in [3.63, 3.8) is 0 Å². The average Bonchev–Trinajstić information content (AvgIpc) is 3.22. The maximum absolute atomic E-state index is 9.32. The van der Waals surface area contributed by atoms with Gasteiger partial charge in [0.25, 0.3) is 0 Å². The Balaban J connectivity index is 1.80. The van der Waals surface area contributed by atoms with Gasteiger partial charge in [0.1, 0.15) is 5.75 Å². The number of aliphatic hydroxyl groups is 1. The fourth-order valence-electron chi connectivity index (χ4n) is 2.21.